The summed E-state index contributed by atoms with van der Waals surface area (Å²) in [6.45, 7) is 2.62. The second-order valence-corrected chi connectivity index (χ2v) is 9.63. The standard InChI is InChI=1S/C26H22BrN5O/c1-16-4-2-6-20(29-16)15-32-21-7-3-5-18(25(21)26(30-32)17-8-9-17)12-23(33)22-14-28-24-13-19(27)10-11-31(22)24/h2-7,10-11,13-14,17H,8-9,12,15H2,1H3. The van der Waals surface area contributed by atoms with Gasteiger partial charge in [0, 0.05) is 34.1 Å². The third-order valence-corrected chi connectivity index (χ3v) is 6.72. The van der Waals surface area contributed by atoms with Crippen LogP contribution in [0.15, 0.2) is 65.4 Å². The highest BCUT2D eigenvalue weighted by Gasteiger charge is 2.30. The maximum Gasteiger partial charge on any atom is 0.185 e. The average Bonchev–Trinajstić information content (AvgIpc) is 3.45. The molecule has 1 aliphatic rings. The maximum atomic E-state index is 13.3. The molecule has 1 saturated carbocycles. The first kappa shape index (κ1) is 20.3. The number of aromatic nitrogens is 5. The Morgan fingerprint density at radius 3 is 2.82 bits per heavy atom. The van der Waals surface area contributed by atoms with Crippen LogP contribution in [0.4, 0.5) is 0 Å². The van der Waals surface area contributed by atoms with Gasteiger partial charge in [0.25, 0.3) is 0 Å². The molecule has 4 heterocycles. The monoisotopic (exact) mass is 499 g/mol. The second-order valence-electron chi connectivity index (χ2n) is 8.72. The van der Waals surface area contributed by atoms with Crippen molar-refractivity contribution in [1.29, 1.82) is 0 Å². The molecule has 7 heteroatoms. The molecule has 0 bridgehead atoms. The predicted octanol–water partition coefficient (Wildman–Crippen LogP) is 5.50. The average molecular weight is 500 g/mol. The van der Waals surface area contributed by atoms with E-state index >= 15 is 0 Å². The molecule has 1 aliphatic carbocycles. The normalized spacial score (nSPS) is 13.8. The topological polar surface area (TPSA) is 65.1 Å². The number of nitrogens with zero attached hydrogens (tertiary/aromatic N) is 5. The van der Waals surface area contributed by atoms with Crippen LogP contribution in [0, 0.1) is 6.92 Å². The fourth-order valence-corrected chi connectivity index (χ4v) is 4.83. The van der Waals surface area contributed by atoms with Crippen molar-refractivity contribution < 1.29 is 4.79 Å². The van der Waals surface area contributed by atoms with Crippen LogP contribution in [0.3, 0.4) is 0 Å². The Balaban J connectivity index is 1.40. The molecular formula is C26H22BrN5O. The number of carbonyl (C=O) groups excluding carboxylic acids is 1. The zero-order chi connectivity index (χ0) is 22.5. The summed E-state index contributed by atoms with van der Waals surface area (Å²) < 4.78 is 4.83. The summed E-state index contributed by atoms with van der Waals surface area (Å²) >= 11 is 3.46. The lowest BCUT2D eigenvalue weighted by atomic mass is 10.00. The van der Waals surface area contributed by atoms with Crippen molar-refractivity contribution in [3.8, 4) is 0 Å². The van der Waals surface area contributed by atoms with E-state index in [0.717, 1.165) is 56.5 Å². The Bertz CT molecular complexity index is 1530. The zero-order valence-electron chi connectivity index (χ0n) is 18.2. The van der Waals surface area contributed by atoms with E-state index in [1.165, 1.54) is 0 Å². The molecule has 0 amide bonds. The number of Topliss-reactive ketones (excluding diaryl/α,β-unsaturated/α-hetero) is 1. The number of ketones is 1. The third kappa shape index (κ3) is 3.76. The molecule has 5 aromatic rings. The van der Waals surface area contributed by atoms with E-state index in [1.54, 1.807) is 6.20 Å². The van der Waals surface area contributed by atoms with Gasteiger partial charge in [0.2, 0.25) is 0 Å². The Morgan fingerprint density at radius 1 is 1.15 bits per heavy atom. The largest absolute Gasteiger partial charge is 0.297 e. The summed E-state index contributed by atoms with van der Waals surface area (Å²) in [5.41, 5.74) is 6.53. The number of rotatable bonds is 6. The van der Waals surface area contributed by atoms with E-state index in [-0.39, 0.29) is 5.78 Å². The van der Waals surface area contributed by atoms with Crippen LogP contribution in [0.5, 0.6) is 0 Å². The molecule has 1 aromatic carbocycles. The number of halogens is 1. The number of pyridine rings is 2. The Labute approximate surface area is 199 Å². The number of hydrogen-bond donors (Lipinski definition) is 0. The van der Waals surface area contributed by atoms with Gasteiger partial charge in [0.05, 0.1) is 29.6 Å². The minimum absolute atomic E-state index is 0.0483. The van der Waals surface area contributed by atoms with Crippen LogP contribution in [0.25, 0.3) is 16.6 Å². The van der Waals surface area contributed by atoms with Gasteiger partial charge in [0.15, 0.2) is 5.78 Å². The van der Waals surface area contributed by atoms with E-state index < -0.39 is 0 Å². The first-order valence-electron chi connectivity index (χ1n) is 11.1. The smallest absolute Gasteiger partial charge is 0.185 e. The number of carbonyl (C=O) groups is 1. The second kappa shape index (κ2) is 7.92. The summed E-state index contributed by atoms with van der Waals surface area (Å²) in [7, 11) is 0. The number of imidazole rings is 1. The van der Waals surface area contributed by atoms with Gasteiger partial charge in [-0.1, -0.05) is 34.1 Å². The molecule has 0 aliphatic heterocycles. The molecule has 0 radical (unpaired) electrons. The minimum atomic E-state index is 0.0483. The fraction of sp³-hybridized carbons (Fsp3) is 0.231. The van der Waals surface area contributed by atoms with Gasteiger partial charge >= 0.3 is 0 Å². The highest BCUT2D eigenvalue weighted by atomic mass is 79.9. The minimum Gasteiger partial charge on any atom is -0.297 e. The van der Waals surface area contributed by atoms with Crippen molar-refractivity contribution in [1.82, 2.24) is 24.1 Å². The SMILES string of the molecule is Cc1cccc(Cn2nc(C3CC3)c3c(CC(=O)c4cnc5cc(Br)ccn45)cccc32)n1. The van der Waals surface area contributed by atoms with E-state index in [0.29, 0.717) is 24.6 Å². The lowest BCUT2D eigenvalue weighted by molar-refractivity contribution is 0.0987. The van der Waals surface area contributed by atoms with Crippen molar-refractivity contribution in [3.63, 3.8) is 0 Å². The fourth-order valence-electron chi connectivity index (χ4n) is 4.51. The van der Waals surface area contributed by atoms with Gasteiger partial charge in [-0.15, -0.1) is 0 Å². The summed E-state index contributed by atoms with van der Waals surface area (Å²) in [5.74, 6) is 0.524. The van der Waals surface area contributed by atoms with Gasteiger partial charge in [-0.25, -0.2) is 4.98 Å². The molecule has 0 atom stereocenters. The lowest BCUT2D eigenvalue weighted by Crippen LogP contribution is -2.07. The first-order chi connectivity index (χ1) is 16.1. The van der Waals surface area contributed by atoms with Crippen LogP contribution in [0.2, 0.25) is 0 Å². The summed E-state index contributed by atoms with van der Waals surface area (Å²) in [5, 5.41) is 6.13. The number of hydrogen-bond acceptors (Lipinski definition) is 4. The molecule has 0 N–H and O–H groups in total. The van der Waals surface area contributed by atoms with Crippen molar-refractivity contribution >= 4 is 38.3 Å². The number of benzene rings is 1. The van der Waals surface area contributed by atoms with Gasteiger partial charge in [-0.2, -0.15) is 5.10 Å². The molecule has 0 saturated heterocycles. The molecular weight excluding hydrogens is 478 g/mol. The molecule has 4 aromatic heterocycles. The summed E-state index contributed by atoms with van der Waals surface area (Å²) in [4.78, 5) is 22.4. The number of aryl methyl sites for hydroxylation is 1. The van der Waals surface area contributed by atoms with Gasteiger partial charge in [0.1, 0.15) is 11.3 Å². The Hall–Kier alpha value is -3.32. The molecule has 6 nitrogen and oxygen atoms in total. The van der Waals surface area contributed by atoms with Crippen molar-refractivity contribution in [2.24, 2.45) is 0 Å². The summed E-state index contributed by atoms with van der Waals surface area (Å²) in [6.07, 6.45) is 6.16. The Kier molecular flexibility index (Phi) is 4.87. The molecule has 1 fully saturated rings. The van der Waals surface area contributed by atoms with Crippen molar-refractivity contribution in [2.45, 2.75) is 38.6 Å². The maximum absolute atomic E-state index is 13.3. The molecule has 164 valence electrons. The van der Waals surface area contributed by atoms with Crippen LogP contribution in [0.1, 0.15) is 51.9 Å². The highest BCUT2D eigenvalue weighted by Crippen LogP contribution is 2.43. The van der Waals surface area contributed by atoms with Gasteiger partial charge in [-0.3, -0.25) is 18.9 Å². The highest BCUT2D eigenvalue weighted by molar-refractivity contribution is 9.10. The lowest BCUT2D eigenvalue weighted by Gasteiger charge is -2.07. The molecule has 6 rings (SSSR count). The third-order valence-electron chi connectivity index (χ3n) is 6.23. The first-order valence-corrected chi connectivity index (χ1v) is 11.9. The van der Waals surface area contributed by atoms with E-state index in [4.69, 9.17) is 5.10 Å². The van der Waals surface area contributed by atoms with E-state index in [2.05, 4.69) is 38.0 Å². The number of fused-ring (bicyclic) bond motifs is 2. The van der Waals surface area contributed by atoms with Crippen molar-refractivity contribution in [3.05, 3.63) is 93.7 Å². The zero-order valence-corrected chi connectivity index (χ0v) is 19.8. The van der Waals surface area contributed by atoms with Gasteiger partial charge in [-0.05, 0) is 55.7 Å². The molecule has 33 heavy (non-hydrogen) atoms. The molecule has 0 unspecified atom stereocenters. The molecule has 0 spiro atoms. The van der Waals surface area contributed by atoms with Crippen LogP contribution in [-0.4, -0.2) is 29.9 Å². The Morgan fingerprint density at radius 2 is 2.00 bits per heavy atom. The van der Waals surface area contributed by atoms with Crippen LogP contribution in [-0.2, 0) is 13.0 Å². The van der Waals surface area contributed by atoms with Crippen LogP contribution >= 0.6 is 15.9 Å². The van der Waals surface area contributed by atoms with E-state index in [1.807, 2.05) is 58.6 Å². The van der Waals surface area contributed by atoms with Crippen molar-refractivity contribution in [2.75, 3.05) is 0 Å². The van der Waals surface area contributed by atoms with Crippen LogP contribution < -0.4 is 0 Å². The van der Waals surface area contributed by atoms with Gasteiger partial charge < -0.3 is 0 Å². The predicted molar refractivity (Wildman–Crippen MR) is 131 cm³/mol. The van der Waals surface area contributed by atoms with E-state index in [9.17, 15) is 4.79 Å². The summed E-state index contributed by atoms with van der Waals surface area (Å²) in [6, 6.07) is 16.1. The quantitative estimate of drug-likeness (QED) is 0.289.